The minimum absolute atomic E-state index is 0.0713. The third-order valence-corrected chi connectivity index (χ3v) is 7.80. The number of nitrogens with zero attached hydrogens (tertiary/aromatic N) is 2. The molecule has 0 spiro atoms. The van der Waals surface area contributed by atoms with Crippen LogP contribution in [0, 0.1) is 6.92 Å². The van der Waals surface area contributed by atoms with Gasteiger partial charge in [-0.1, -0.05) is 48.0 Å². The molecule has 2 N–H and O–H groups in total. The molecule has 6 nitrogen and oxygen atoms in total. The Kier molecular flexibility index (Phi) is 6.74. The molecule has 2 heterocycles. The van der Waals surface area contributed by atoms with Gasteiger partial charge >= 0.3 is 0 Å². The minimum atomic E-state index is -0.223. The van der Waals surface area contributed by atoms with Crippen molar-refractivity contribution >= 4 is 28.3 Å². The van der Waals surface area contributed by atoms with E-state index in [0.29, 0.717) is 10.7 Å². The van der Waals surface area contributed by atoms with Gasteiger partial charge in [0.05, 0.1) is 11.6 Å². The average molecular weight is 475 g/mol. The van der Waals surface area contributed by atoms with E-state index in [9.17, 15) is 9.59 Å². The fourth-order valence-electron chi connectivity index (χ4n) is 4.79. The number of fused-ring (bicyclic) bond motifs is 1. The predicted molar refractivity (Wildman–Crippen MR) is 135 cm³/mol. The van der Waals surface area contributed by atoms with Gasteiger partial charge in [0.1, 0.15) is 0 Å². The highest BCUT2D eigenvalue weighted by atomic mass is 32.1. The number of benzene rings is 2. The third kappa shape index (κ3) is 5.21. The Balaban J connectivity index is 1.14. The number of carbonyl (C=O) groups is 2. The molecule has 1 saturated heterocycles. The number of rotatable bonds is 6. The summed E-state index contributed by atoms with van der Waals surface area (Å²) < 4.78 is 0. The second kappa shape index (κ2) is 10.1. The van der Waals surface area contributed by atoms with Crippen molar-refractivity contribution < 1.29 is 9.59 Å². The van der Waals surface area contributed by atoms with Gasteiger partial charge in [0.2, 0.25) is 5.91 Å². The van der Waals surface area contributed by atoms with Gasteiger partial charge in [0, 0.05) is 36.1 Å². The Morgan fingerprint density at radius 3 is 2.50 bits per heavy atom. The standard InChI is InChI=1S/C27H30N4O2S/c1-18-7-9-20(10-8-18)25(32)30-27-29-24-22(11-12-23(24)34-27)26(33)28-21-13-15-31(16-14-21)17-19-5-3-2-4-6-19/h2-10,21-22H,11-17H2,1H3,(H,28,33)(H,29,30,32)/t22-/m1/s1. The Bertz CT molecular complexity index is 1150. The lowest BCUT2D eigenvalue weighted by Gasteiger charge is -2.32. The van der Waals surface area contributed by atoms with Crippen LogP contribution in [0.15, 0.2) is 54.6 Å². The average Bonchev–Trinajstić information content (AvgIpc) is 3.41. The predicted octanol–water partition coefficient (Wildman–Crippen LogP) is 4.51. The van der Waals surface area contributed by atoms with Gasteiger partial charge in [-0.2, -0.15) is 0 Å². The fourth-order valence-corrected chi connectivity index (χ4v) is 5.82. The van der Waals surface area contributed by atoms with E-state index in [1.807, 2.05) is 37.3 Å². The molecule has 1 aliphatic carbocycles. The smallest absolute Gasteiger partial charge is 0.257 e. The highest BCUT2D eigenvalue weighted by Crippen LogP contribution is 2.38. The van der Waals surface area contributed by atoms with Crippen LogP contribution in [0.3, 0.4) is 0 Å². The second-order valence-electron chi connectivity index (χ2n) is 9.28. The summed E-state index contributed by atoms with van der Waals surface area (Å²) in [5.41, 5.74) is 3.88. The summed E-state index contributed by atoms with van der Waals surface area (Å²) in [7, 11) is 0. The number of nitrogens with one attached hydrogen (secondary N) is 2. The van der Waals surface area contributed by atoms with Crippen LogP contribution < -0.4 is 10.6 Å². The van der Waals surface area contributed by atoms with Crippen molar-refractivity contribution in [2.75, 3.05) is 18.4 Å². The monoisotopic (exact) mass is 474 g/mol. The van der Waals surface area contributed by atoms with Crippen molar-refractivity contribution in [3.63, 3.8) is 0 Å². The van der Waals surface area contributed by atoms with Crippen molar-refractivity contribution in [1.82, 2.24) is 15.2 Å². The first kappa shape index (κ1) is 22.7. The van der Waals surface area contributed by atoms with Crippen molar-refractivity contribution in [3.05, 3.63) is 81.9 Å². The van der Waals surface area contributed by atoms with E-state index in [0.717, 1.165) is 61.5 Å². The highest BCUT2D eigenvalue weighted by Gasteiger charge is 2.34. The summed E-state index contributed by atoms with van der Waals surface area (Å²) in [5, 5.41) is 6.75. The SMILES string of the molecule is Cc1ccc(C(=O)Nc2nc3c(s2)CC[C@H]3C(=O)NC2CCN(Cc3ccccc3)CC2)cc1. The topological polar surface area (TPSA) is 74.3 Å². The van der Waals surface area contributed by atoms with Crippen LogP contribution in [0.25, 0.3) is 0 Å². The molecule has 0 unspecified atom stereocenters. The zero-order chi connectivity index (χ0) is 23.5. The normalized spacial score (nSPS) is 18.4. The van der Waals surface area contributed by atoms with Gasteiger partial charge in [0.15, 0.2) is 5.13 Å². The number of thiazole rings is 1. The molecule has 1 atom stereocenters. The maximum Gasteiger partial charge on any atom is 0.257 e. The number of likely N-dealkylation sites (tertiary alicyclic amines) is 1. The number of hydrogen-bond donors (Lipinski definition) is 2. The van der Waals surface area contributed by atoms with E-state index in [1.165, 1.54) is 16.9 Å². The molecule has 2 aromatic carbocycles. The van der Waals surface area contributed by atoms with Gasteiger partial charge < -0.3 is 5.32 Å². The molecule has 5 rings (SSSR count). The van der Waals surface area contributed by atoms with E-state index < -0.39 is 0 Å². The van der Waals surface area contributed by atoms with Crippen LogP contribution in [0.2, 0.25) is 0 Å². The molecule has 1 aromatic heterocycles. The van der Waals surface area contributed by atoms with Crippen LogP contribution in [0.1, 0.15) is 57.2 Å². The van der Waals surface area contributed by atoms with Crippen molar-refractivity contribution in [2.45, 2.75) is 51.1 Å². The number of aryl methyl sites for hydroxylation is 2. The summed E-state index contributed by atoms with van der Waals surface area (Å²) in [6, 6.07) is 18.2. The quantitative estimate of drug-likeness (QED) is 0.551. The summed E-state index contributed by atoms with van der Waals surface area (Å²) in [6.45, 7) is 4.93. The van der Waals surface area contributed by atoms with Crippen LogP contribution in [-0.2, 0) is 17.8 Å². The summed E-state index contributed by atoms with van der Waals surface area (Å²) >= 11 is 1.49. The van der Waals surface area contributed by atoms with Gasteiger partial charge in [-0.15, -0.1) is 11.3 Å². The molecular formula is C27H30N4O2S. The number of hydrogen-bond acceptors (Lipinski definition) is 5. The third-order valence-electron chi connectivity index (χ3n) is 6.75. The molecule has 7 heteroatoms. The molecule has 1 aliphatic heterocycles. The van der Waals surface area contributed by atoms with Crippen molar-refractivity contribution in [3.8, 4) is 0 Å². The fraction of sp³-hybridized carbons (Fsp3) is 0.370. The molecule has 2 aliphatic rings. The van der Waals surface area contributed by atoms with Crippen molar-refractivity contribution in [2.24, 2.45) is 0 Å². The lowest BCUT2D eigenvalue weighted by atomic mass is 10.0. The van der Waals surface area contributed by atoms with Gasteiger partial charge in [-0.25, -0.2) is 4.98 Å². The molecule has 0 saturated carbocycles. The number of carbonyl (C=O) groups excluding carboxylic acids is 2. The molecule has 3 aromatic rings. The first-order valence-corrected chi connectivity index (χ1v) is 12.8. The van der Waals surface area contributed by atoms with Gasteiger partial charge in [-0.3, -0.25) is 19.8 Å². The minimum Gasteiger partial charge on any atom is -0.353 e. The molecule has 176 valence electrons. The molecule has 2 amide bonds. The number of aromatic nitrogens is 1. The molecule has 34 heavy (non-hydrogen) atoms. The summed E-state index contributed by atoms with van der Waals surface area (Å²) in [6.07, 6.45) is 3.56. The Morgan fingerprint density at radius 1 is 1.03 bits per heavy atom. The molecule has 0 radical (unpaired) electrons. The van der Waals surface area contributed by atoms with E-state index in [2.05, 4.69) is 44.8 Å². The zero-order valence-corrected chi connectivity index (χ0v) is 20.2. The molecular weight excluding hydrogens is 444 g/mol. The Hall–Kier alpha value is -3.03. The molecule has 1 fully saturated rings. The van der Waals surface area contributed by atoms with E-state index >= 15 is 0 Å². The van der Waals surface area contributed by atoms with Gasteiger partial charge in [-0.05, 0) is 50.3 Å². The Morgan fingerprint density at radius 2 is 1.76 bits per heavy atom. The van der Waals surface area contributed by atoms with E-state index in [4.69, 9.17) is 0 Å². The van der Waals surface area contributed by atoms with E-state index in [-0.39, 0.29) is 23.8 Å². The lowest BCUT2D eigenvalue weighted by molar-refractivity contribution is -0.123. The van der Waals surface area contributed by atoms with Crippen LogP contribution >= 0.6 is 11.3 Å². The van der Waals surface area contributed by atoms with Crippen molar-refractivity contribution in [1.29, 1.82) is 0 Å². The second-order valence-corrected chi connectivity index (χ2v) is 10.4. The first-order chi connectivity index (χ1) is 16.5. The van der Waals surface area contributed by atoms with Crippen LogP contribution in [0.5, 0.6) is 0 Å². The van der Waals surface area contributed by atoms with E-state index in [1.54, 1.807) is 0 Å². The number of amides is 2. The largest absolute Gasteiger partial charge is 0.353 e. The van der Waals surface area contributed by atoms with Crippen LogP contribution in [-0.4, -0.2) is 40.8 Å². The maximum atomic E-state index is 13.1. The summed E-state index contributed by atoms with van der Waals surface area (Å²) in [5.74, 6) is -0.323. The number of anilines is 1. The zero-order valence-electron chi connectivity index (χ0n) is 19.4. The summed E-state index contributed by atoms with van der Waals surface area (Å²) in [4.78, 5) is 33.8. The highest BCUT2D eigenvalue weighted by molar-refractivity contribution is 7.16. The Labute approximate surface area is 204 Å². The van der Waals surface area contributed by atoms with Gasteiger partial charge in [0.25, 0.3) is 5.91 Å². The van der Waals surface area contributed by atoms with Crippen LogP contribution in [0.4, 0.5) is 5.13 Å². The maximum absolute atomic E-state index is 13.1. The molecule has 0 bridgehead atoms. The number of piperidine rings is 1. The lowest BCUT2D eigenvalue weighted by Crippen LogP contribution is -2.45. The first-order valence-electron chi connectivity index (χ1n) is 12.0.